The molecule has 0 saturated heterocycles. The van der Waals surface area contributed by atoms with Gasteiger partial charge >= 0.3 is 23.9 Å². The maximum Gasteiger partial charge on any atom is 0.328 e. The highest BCUT2D eigenvalue weighted by Crippen LogP contribution is 2.26. The number of carboxylic acids is 2. The minimum atomic E-state index is -1.13. The molecule has 2 aromatic carbocycles. The molecule has 2 heterocycles. The predicted molar refractivity (Wildman–Crippen MR) is 144 cm³/mol. The Morgan fingerprint density at radius 2 is 1.20 bits per heavy atom. The van der Waals surface area contributed by atoms with E-state index in [0.29, 0.717) is 27.4 Å². The summed E-state index contributed by atoms with van der Waals surface area (Å²) < 4.78 is 10.8. The topological polar surface area (TPSA) is 237 Å². The number of nitrogens with two attached hydrogens (primary N) is 3. The Balaban J connectivity index is 1.33. The van der Waals surface area contributed by atoms with Gasteiger partial charge in [-0.2, -0.15) is 0 Å². The fraction of sp³-hybridized carbons (Fsp3) is 0.259. The van der Waals surface area contributed by atoms with E-state index in [-0.39, 0.29) is 37.2 Å². The lowest BCUT2D eigenvalue weighted by molar-refractivity contribution is -0.139. The lowest BCUT2D eigenvalue weighted by Gasteiger charge is -2.12. The summed E-state index contributed by atoms with van der Waals surface area (Å²) in [5, 5.41) is 19.5. The molecule has 0 aliphatic heterocycles. The number of hydrogen-bond donors (Lipinski definition) is 7. The highest BCUT2D eigenvalue weighted by atomic mass is 16.5. The van der Waals surface area contributed by atoms with Gasteiger partial charge in [-0.25, -0.2) is 4.79 Å². The monoisotopic (exact) mass is 551 g/mol. The SMILES string of the molecule is N[C@H](Cc1c[nH]c2ccc(OC(=O)CC[C@@H](N)C(=O)Oc3ccc4[nH]cc(C[C@@H](N)C(=O)O)c4c3)cc12)C(=O)O. The highest BCUT2D eigenvalue weighted by molar-refractivity contribution is 5.88. The van der Waals surface area contributed by atoms with Crippen LogP contribution in [0.1, 0.15) is 24.0 Å². The van der Waals surface area contributed by atoms with Gasteiger partial charge in [-0.1, -0.05) is 0 Å². The van der Waals surface area contributed by atoms with Crippen molar-refractivity contribution >= 4 is 45.7 Å². The van der Waals surface area contributed by atoms with Gasteiger partial charge in [-0.05, 0) is 53.9 Å². The quantitative estimate of drug-likeness (QED) is 0.0974. The van der Waals surface area contributed by atoms with Crippen molar-refractivity contribution in [2.75, 3.05) is 0 Å². The van der Waals surface area contributed by atoms with Crippen LogP contribution in [0.3, 0.4) is 0 Å². The van der Waals surface area contributed by atoms with Gasteiger partial charge in [0.05, 0.1) is 0 Å². The van der Waals surface area contributed by atoms with Gasteiger partial charge in [0.15, 0.2) is 0 Å². The van der Waals surface area contributed by atoms with Crippen LogP contribution in [0, 0.1) is 0 Å². The van der Waals surface area contributed by atoms with Crippen LogP contribution in [0.2, 0.25) is 0 Å². The lowest BCUT2D eigenvalue weighted by Crippen LogP contribution is -2.35. The maximum absolute atomic E-state index is 12.5. The van der Waals surface area contributed by atoms with Crippen LogP contribution >= 0.6 is 0 Å². The zero-order valence-electron chi connectivity index (χ0n) is 21.3. The first-order valence-corrected chi connectivity index (χ1v) is 12.4. The summed E-state index contributed by atoms with van der Waals surface area (Å²) >= 11 is 0. The molecule has 3 atom stereocenters. The van der Waals surface area contributed by atoms with E-state index in [1.807, 2.05) is 0 Å². The molecule has 40 heavy (non-hydrogen) atoms. The van der Waals surface area contributed by atoms with Crippen LogP contribution in [0.5, 0.6) is 11.5 Å². The third-order valence-electron chi connectivity index (χ3n) is 6.40. The second-order valence-corrected chi connectivity index (χ2v) is 9.38. The van der Waals surface area contributed by atoms with E-state index < -0.39 is 42.0 Å². The summed E-state index contributed by atoms with van der Waals surface area (Å²) in [5.74, 6) is -3.16. The van der Waals surface area contributed by atoms with Crippen molar-refractivity contribution in [1.82, 2.24) is 9.97 Å². The molecule has 0 amide bonds. The number of aliphatic carboxylic acids is 2. The fourth-order valence-electron chi connectivity index (χ4n) is 4.19. The molecule has 0 aliphatic rings. The average Bonchev–Trinajstić information content (AvgIpc) is 3.50. The van der Waals surface area contributed by atoms with E-state index in [1.165, 1.54) is 0 Å². The van der Waals surface area contributed by atoms with E-state index in [4.69, 9.17) is 36.9 Å². The predicted octanol–water partition coefficient (Wildman–Crippen LogP) is 1.18. The molecular weight excluding hydrogens is 522 g/mol. The Morgan fingerprint density at radius 3 is 1.68 bits per heavy atom. The summed E-state index contributed by atoms with van der Waals surface area (Å²) in [6.07, 6.45) is 3.29. The molecule has 4 rings (SSSR count). The first-order chi connectivity index (χ1) is 19.0. The van der Waals surface area contributed by atoms with Gasteiger partial charge in [0.2, 0.25) is 0 Å². The summed E-state index contributed by atoms with van der Waals surface area (Å²) in [6, 6.07) is 6.45. The van der Waals surface area contributed by atoms with E-state index in [2.05, 4.69) is 9.97 Å². The van der Waals surface area contributed by atoms with E-state index in [1.54, 1.807) is 48.8 Å². The third kappa shape index (κ3) is 6.64. The molecule has 0 radical (unpaired) electrons. The molecule has 0 bridgehead atoms. The normalized spacial score (nSPS) is 13.6. The molecule has 10 N–H and O–H groups in total. The number of aromatic amines is 2. The van der Waals surface area contributed by atoms with Crippen molar-refractivity contribution in [1.29, 1.82) is 0 Å². The van der Waals surface area contributed by atoms with Crippen LogP contribution in [-0.4, -0.2) is 62.2 Å². The highest BCUT2D eigenvalue weighted by Gasteiger charge is 2.20. The minimum absolute atomic E-state index is 0.0338. The minimum Gasteiger partial charge on any atom is -0.480 e. The molecule has 210 valence electrons. The Hall–Kier alpha value is -4.72. The standard InChI is InChI=1S/C27H29N5O8/c28-19(27(38)40-16-2-5-23-18(10-16)14(12-32-23)8-21(30)26(36)37)3-6-24(33)39-15-1-4-22-17(9-15)13(11-31-22)7-20(29)25(34)35/h1-2,4-5,9-12,19-21,31-32H,3,6-8,28-30H2,(H,34,35)(H,36,37)/t19-,20-,21-/m1/s1. The van der Waals surface area contributed by atoms with Gasteiger partial charge in [0.1, 0.15) is 29.6 Å². The second-order valence-electron chi connectivity index (χ2n) is 9.38. The Kier molecular flexibility index (Phi) is 8.48. The van der Waals surface area contributed by atoms with Crippen molar-refractivity contribution in [3.05, 3.63) is 59.9 Å². The number of nitrogens with one attached hydrogen (secondary N) is 2. The molecule has 0 unspecified atom stereocenters. The van der Waals surface area contributed by atoms with Crippen LogP contribution in [0.15, 0.2) is 48.8 Å². The number of hydrogen-bond acceptors (Lipinski definition) is 9. The number of fused-ring (bicyclic) bond motifs is 2. The molecule has 0 spiro atoms. The molecule has 2 aromatic heterocycles. The van der Waals surface area contributed by atoms with Gasteiger partial charge < -0.3 is 46.9 Å². The van der Waals surface area contributed by atoms with E-state index in [9.17, 15) is 19.2 Å². The summed E-state index contributed by atoms with van der Waals surface area (Å²) in [6.45, 7) is 0. The Bertz CT molecular complexity index is 1580. The summed E-state index contributed by atoms with van der Waals surface area (Å²) in [4.78, 5) is 53.2. The van der Waals surface area contributed by atoms with Crippen molar-refractivity contribution in [3.63, 3.8) is 0 Å². The Morgan fingerprint density at radius 1 is 0.725 bits per heavy atom. The van der Waals surface area contributed by atoms with E-state index in [0.717, 1.165) is 5.52 Å². The van der Waals surface area contributed by atoms with Crippen molar-refractivity contribution in [3.8, 4) is 11.5 Å². The Labute approximate surface area is 227 Å². The number of carbonyl (C=O) groups excluding carboxylic acids is 2. The first-order valence-electron chi connectivity index (χ1n) is 12.4. The van der Waals surface area contributed by atoms with Crippen LogP contribution in [0.25, 0.3) is 21.8 Å². The molecule has 13 nitrogen and oxygen atoms in total. The van der Waals surface area contributed by atoms with Crippen molar-refractivity contribution < 1.29 is 38.9 Å². The van der Waals surface area contributed by atoms with Gasteiger partial charge in [0.25, 0.3) is 0 Å². The summed E-state index contributed by atoms with van der Waals surface area (Å²) in [7, 11) is 0. The summed E-state index contributed by atoms with van der Waals surface area (Å²) in [5.41, 5.74) is 20.0. The largest absolute Gasteiger partial charge is 0.480 e. The van der Waals surface area contributed by atoms with Crippen LogP contribution in [-0.2, 0) is 32.0 Å². The molecule has 13 heteroatoms. The number of carboxylic acid groups (broad SMARTS) is 2. The number of ether oxygens (including phenoxy) is 2. The zero-order chi connectivity index (χ0) is 29.0. The van der Waals surface area contributed by atoms with Gasteiger partial charge in [-0.3, -0.25) is 14.4 Å². The molecule has 4 aromatic rings. The fourth-order valence-corrected chi connectivity index (χ4v) is 4.19. The first kappa shape index (κ1) is 28.3. The molecule has 0 aliphatic carbocycles. The van der Waals surface area contributed by atoms with Gasteiger partial charge in [-0.15, -0.1) is 0 Å². The average molecular weight is 552 g/mol. The number of aromatic nitrogens is 2. The molecule has 0 saturated carbocycles. The lowest BCUT2D eigenvalue weighted by atomic mass is 10.1. The number of benzene rings is 2. The van der Waals surface area contributed by atoms with E-state index >= 15 is 0 Å². The van der Waals surface area contributed by atoms with Gasteiger partial charge in [0, 0.05) is 53.5 Å². The van der Waals surface area contributed by atoms with Crippen LogP contribution in [0.4, 0.5) is 0 Å². The molecular formula is C27H29N5O8. The molecule has 0 fully saturated rings. The maximum atomic E-state index is 12.5. The van der Waals surface area contributed by atoms with Crippen molar-refractivity contribution in [2.24, 2.45) is 17.2 Å². The zero-order valence-corrected chi connectivity index (χ0v) is 21.3. The number of H-pyrrole nitrogens is 2. The van der Waals surface area contributed by atoms with Crippen LogP contribution < -0.4 is 26.7 Å². The third-order valence-corrected chi connectivity index (χ3v) is 6.40. The number of carbonyl (C=O) groups is 4. The number of rotatable bonds is 12. The number of esters is 2. The smallest absolute Gasteiger partial charge is 0.328 e. The van der Waals surface area contributed by atoms with Crippen molar-refractivity contribution in [2.45, 2.75) is 43.8 Å². The second kappa shape index (κ2) is 12.0.